The normalized spacial score (nSPS) is 15.7. The van der Waals surface area contributed by atoms with Crippen LogP contribution in [0, 0.1) is 12.8 Å². The Morgan fingerprint density at radius 3 is 2.94 bits per heavy atom. The van der Waals surface area contributed by atoms with Crippen LogP contribution in [0.25, 0.3) is 0 Å². The van der Waals surface area contributed by atoms with E-state index in [0.29, 0.717) is 0 Å². The maximum absolute atomic E-state index is 9.06. The Kier molecular flexibility index (Phi) is 3.91. The van der Waals surface area contributed by atoms with Crippen molar-refractivity contribution in [2.75, 3.05) is 19.7 Å². The third-order valence-corrected chi connectivity index (χ3v) is 3.14. The molecule has 0 atom stereocenters. The van der Waals surface area contributed by atoms with E-state index in [1.807, 2.05) is 19.2 Å². The minimum Gasteiger partial charge on any atom is -0.395 e. The predicted octanol–water partition coefficient (Wildman–Crippen LogP) is 1.59. The molecule has 2 rings (SSSR count). The summed E-state index contributed by atoms with van der Waals surface area (Å²) >= 11 is 0. The molecule has 1 N–H and O–H groups in total. The molecule has 0 aromatic carbocycles. The SMILES string of the molecule is Cc1ncccc1CN(CCO)CC1CC1. The molecule has 0 aliphatic heterocycles. The van der Waals surface area contributed by atoms with Crippen LogP contribution in [0.5, 0.6) is 0 Å². The van der Waals surface area contributed by atoms with Gasteiger partial charge in [-0.2, -0.15) is 0 Å². The maximum atomic E-state index is 9.06. The molecule has 3 nitrogen and oxygen atoms in total. The van der Waals surface area contributed by atoms with Gasteiger partial charge in [-0.1, -0.05) is 6.07 Å². The van der Waals surface area contributed by atoms with Crippen molar-refractivity contribution in [3.05, 3.63) is 29.6 Å². The number of nitrogens with zero attached hydrogens (tertiary/aromatic N) is 2. The van der Waals surface area contributed by atoms with E-state index in [1.54, 1.807) is 0 Å². The largest absolute Gasteiger partial charge is 0.395 e. The summed E-state index contributed by atoms with van der Waals surface area (Å²) in [5.74, 6) is 0.864. The molecule has 1 aliphatic carbocycles. The summed E-state index contributed by atoms with van der Waals surface area (Å²) in [7, 11) is 0. The van der Waals surface area contributed by atoms with Crippen LogP contribution < -0.4 is 0 Å². The van der Waals surface area contributed by atoms with Gasteiger partial charge in [-0.3, -0.25) is 9.88 Å². The van der Waals surface area contributed by atoms with Crippen LogP contribution in [0.1, 0.15) is 24.1 Å². The second kappa shape index (κ2) is 5.41. The van der Waals surface area contributed by atoms with Crippen LogP contribution in [-0.2, 0) is 6.54 Å². The highest BCUT2D eigenvalue weighted by molar-refractivity contribution is 5.18. The first kappa shape index (κ1) is 11.6. The van der Waals surface area contributed by atoms with Crippen molar-refractivity contribution in [3.8, 4) is 0 Å². The average Bonchev–Trinajstić information content (AvgIpc) is 3.06. The Balaban J connectivity index is 1.95. The van der Waals surface area contributed by atoms with E-state index < -0.39 is 0 Å². The van der Waals surface area contributed by atoms with Gasteiger partial charge in [-0.05, 0) is 37.3 Å². The lowest BCUT2D eigenvalue weighted by Gasteiger charge is -2.21. The Morgan fingerprint density at radius 2 is 2.31 bits per heavy atom. The predicted molar refractivity (Wildman–Crippen MR) is 64.1 cm³/mol. The van der Waals surface area contributed by atoms with Crippen LogP contribution in [0.15, 0.2) is 18.3 Å². The molecule has 1 aliphatic rings. The zero-order valence-corrected chi connectivity index (χ0v) is 9.89. The minimum atomic E-state index is 0.242. The van der Waals surface area contributed by atoms with Gasteiger partial charge in [0.15, 0.2) is 0 Å². The molecule has 0 bridgehead atoms. The number of hydrogen-bond acceptors (Lipinski definition) is 3. The van der Waals surface area contributed by atoms with Gasteiger partial charge in [-0.25, -0.2) is 0 Å². The molecular formula is C13H20N2O. The van der Waals surface area contributed by atoms with E-state index in [1.165, 1.54) is 18.4 Å². The monoisotopic (exact) mass is 220 g/mol. The summed E-state index contributed by atoms with van der Waals surface area (Å²) in [5, 5.41) is 9.06. The van der Waals surface area contributed by atoms with Gasteiger partial charge in [0.1, 0.15) is 0 Å². The number of hydrogen-bond donors (Lipinski definition) is 1. The minimum absolute atomic E-state index is 0.242. The van der Waals surface area contributed by atoms with Crippen molar-refractivity contribution < 1.29 is 5.11 Å². The van der Waals surface area contributed by atoms with Crippen molar-refractivity contribution in [2.24, 2.45) is 5.92 Å². The number of aliphatic hydroxyl groups is 1. The smallest absolute Gasteiger partial charge is 0.0558 e. The summed E-state index contributed by atoms with van der Waals surface area (Å²) in [4.78, 5) is 6.63. The van der Waals surface area contributed by atoms with E-state index >= 15 is 0 Å². The van der Waals surface area contributed by atoms with Gasteiger partial charge in [-0.15, -0.1) is 0 Å². The van der Waals surface area contributed by atoms with Gasteiger partial charge in [0.25, 0.3) is 0 Å². The van der Waals surface area contributed by atoms with Crippen LogP contribution in [0.2, 0.25) is 0 Å². The van der Waals surface area contributed by atoms with E-state index in [-0.39, 0.29) is 6.61 Å². The first-order valence-electron chi connectivity index (χ1n) is 6.03. The standard InChI is InChI=1S/C13H20N2O/c1-11-13(3-2-6-14-11)10-15(7-8-16)9-12-4-5-12/h2-3,6,12,16H,4-5,7-10H2,1H3. The first-order chi connectivity index (χ1) is 7.79. The molecule has 1 heterocycles. The molecule has 88 valence electrons. The van der Waals surface area contributed by atoms with Crippen molar-refractivity contribution >= 4 is 0 Å². The molecule has 0 amide bonds. The average molecular weight is 220 g/mol. The lowest BCUT2D eigenvalue weighted by Crippen LogP contribution is -2.29. The molecule has 3 heteroatoms. The van der Waals surface area contributed by atoms with Crippen molar-refractivity contribution in [1.29, 1.82) is 0 Å². The summed E-state index contributed by atoms with van der Waals surface area (Å²) < 4.78 is 0. The zero-order valence-electron chi connectivity index (χ0n) is 9.89. The molecule has 16 heavy (non-hydrogen) atoms. The van der Waals surface area contributed by atoms with Gasteiger partial charge >= 0.3 is 0 Å². The molecule has 1 fully saturated rings. The lowest BCUT2D eigenvalue weighted by atomic mass is 10.2. The second-order valence-corrected chi connectivity index (χ2v) is 4.65. The van der Waals surface area contributed by atoms with Gasteiger partial charge < -0.3 is 5.11 Å². The molecule has 0 saturated heterocycles. The summed E-state index contributed by atoms with van der Waals surface area (Å²) in [6, 6.07) is 4.11. The van der Waals surface area contributed by atoms with E-state index in [4.69, 9.17) is 5.11 Å². The van der Waals surface area contributed by atoms with Gasteiger partial charge in [0, 0.05) is 31.5 Å². The summed E-state index contributed by atoms with van der Waals surface area (Å²) in [5.41, 5.74) is 2.37. The number of rotatable bonds is 6. The highest BCUT2D eigenvalue weighted by atomic mass is 16.3. The highest BCUT2D eigenvalue weighted by Crippen LogP contribution is 2.30. The van der Waals surface area contributed by atoms with E-state index in [2.05, 4.69) is 16.0 Å². The number of aromatic nitrogens is 1. The Hall–Kier alpha value is -0.930. The topological polar surface area (TPSA) is 36.4 Å². The molecule has 0 radical (unpaired) electrons. The number of aliphatic hydroxyl groups excluding tert-OH is 1. The van der Waals surface area contributed by atoms with E-state index in [9.17, 15) is 0 Å². The molecule has 0 unspecified atom stereocenters. The van der Waals surface area contributed by atoms with Gasteiger partial charge in [0.2, 0.25) is 0 Å². The fourth-order valence-corrected chi connectivity index (χ4v) is 1.97. The highest BCUT2D eigenvalue weighted by Gasteiger charge is 2.24. The Bertz CT molecular complexity index is 336. The fourth-order valence-electron chi connectivity index (χ4n) is 1.97. The van der Waals surface area contributed by atoms with Crippen LogP contribution >= 0.6 is 0 Å². The summed E-state index contributed by atoms with van der Waals surface area (Å²) in [6.07, 6.45) is 4.54. The maximum Gasteiger partial charge on any atom is 0.0558 e. The van der Waals surface area contributed by atoms with Crippen LogP contribution in [0.3, 0.4) is 0 Å². The lowest BCUT2D eigenvalue weighted by molar-refractivity contribution is 0.184. The Labute approximate surface area is 97.1 Å². The molecule has 1 saturated carbocycles. The Morgan fingerprint density at radius 1 is 1.50 bits per heavy atom. The summed E-state index contributed by atoms with van der Waals surface area (Å²) in [6.45, 7) is 5.09. The van der Waals surface area contributed by atoms with Crippen LogP contribution in [-0.4, -0.2) is 34.7 Å². The van der Waals surface area contributed by atoms with Crippen molar-refractivity contribution in [3.63, 3.8) is 0 Å². The molecular weight excluding hydrogens is 200 g/mol. The number of aryl methyl sites for hydroxylation is 1. The third kappa shape index (κ3) is 3.29. The molecule has 1 aromatic heterocycles. The fraction of sp³-hybridized carbons (Fsp3) is 0.615. The van der Waals surface area contributed by atoms with Crippen LogP contribution in [0.4, 0.5) is 0 Å². The number of pyridine rings is 1. The van der Waals surface area contributed by atoms with E-state index in [0.717, 1.165) is 31.2 Å². The quantitative estimate of drug-likeness (QED) is 0.791. The van der Waals surface area contributed by atoms with Crippen molar-refractivity contribution in [1.82, 2.24) is 9.88 Å². The van der Waals surface area contributed by atoms with Crippen molar-refractivity contribution in [2.45, 2.75) is 26.3 Å². The third-order valence-electron chi connectivity index (χ3n) is 3.14. The van der Waals surface area contributed by atoms with Gasteiger partial charge in [0.05, 0.1) is 6.61 Å². The zero-order chi connectivity index (χ0) is 11.4. The molecule has 0 spiro atoms. The first-order valence-corrected chi connectivity index (χ1v) is 6.03. The second-order valence-electron chi connectivity index (χ2n) is 4.65. The molecule has 1 aromatic rings.